The van der Waals surface area contributed by atoms with Crippen LogP contribution < -0.4 is 19.7 Å². The van der Waals surface area contributed by atoms with Crippen LogP contribution in [0.15, 0.2) is 30.3 Å². The summed E-state index contributed by atoms with van der Waals surface area (Å²) in [5, 5.41) is 2.26. The van der Waals surface area contributed by atoms with Gasteiger partial charge in [-0.3, -0.25) is 19.7 Å². The van der Waals surface area contributed by atoms with E-state index in [4.69, 9.17) is 4.74 Å². The van der Waals surface area contributed by atoms with E-state index >= 15 is 0 Å². The van der Waals surface area contributed by atoms with E-state index in [1.54, 1.807) is 12.1 Å². The fourth-order valence-electron chi connectivity index (χ4n) is 3.73. The van der Waals surface area contributed by atoms with Crippen molar-refractivity contribution in [2.75, 3.05) is 29.5 Å². The number of halogens is 3. The number of hydrogen-bond acceptors (Lipinski definition) is 5. The van der Waals surface area contributed by atoms with Crippen LogP contribution in [0.3, 0.4) is 0 Å². The fourth-order valence-corrected chi connectivity index (χ4v) is 4.31. The number of sulfonamides is 1. The fraction of sp³-hybridized carbons (Fsp3) is 0.360. The van der Waals surface area contributed by atoms with Gasteiger partial charge < -0.3 is 4.74 Å². The first kappa shape index (κ1) is 27.9. The molecule has 2 aromatic rings. The van der Waals surface area contributed by atoms with Crippen LogP contribution in [0.5, 0.6) is 5.75 Å². The Balaban J connectivity index is 2.15. The highest BCUT2D eigenvalue weighted by atomic mass is 32.2. The summed E-state index contributed by atoms with van der Waals surface area (Å²) in [4.78, 5) is 25.4. The second-order valence-corrected chi connectivity index (χ2v) is 11.2. The average Bonchev–Trinajstić information content (AvgIpc) is 2.75. The van der Waals surface area contributed by atoms with Gasteiger partial charge in [-0.1, -0.05) is 32.6 Å². The third-order valence-corrected chi connectivity index (χ3v) is 6.00. The molecule has 1 fully saturated rings. The molecule has 1 saturated heterocycles. The molecule has 2 N–H and O–H groups in total. The summed E-state index contributed by atoms with van der Waals surface area (Å²) in [5.74, 6) is 5.52. The molecule has 0 saturated carbocycles. The van der Waals surface area contributed by atoms with Gasteiger partial charge in [-0.15, -0.1) is 0 Å². The molecule has 37 heavy (non-hydrogen) atoms. The zero-order valence-corrected chi connectivity index (χ0v) is 21.6. The van der Waals surface area contributed by atoms with Crippen molar-refractivity contribution >= 4 is 33.3 Å². The van der Waals surface area contributed by atoms with Crippen LogP contribution in [0, 0.1) is 11.8 Å². The molecule has 0 unspecified atom stereocenters. The Hall–Kier alpha value is -3.72. The molecule has 1 heterocycles. The maximum atomic E-state index is 13.6. The number of anilines is 2. The molecule has 0 bridgehead atoms. The highest BCUT2D eigenvalue weighted by Gasteiger charge is 2.34. The Labute approximate surface area is 213 Å². The van der Waals surface area contributed by atoms with E-state index in [-0.39, 0.29) is 24.4 Å². The lowest BCUT2D eigenvalue weighted by Crippen LogP contribution is -2.49. The average molecular weight is 538 g/mol. The number of carbonyl (C=O) groups excluding carboxylic acids is 2. The number of carbonyl (C=O) groups is 2. The summed E-state index contributed by atoms with van der Waals surface area (Å²) in [7, 11) is -2.50. The molecule has 8 nitrogen and oxygen atoms in total. The van der Waals surface area contributed by atoms with Crippen LogP contribution in [0.1, 0.15) is 49.4 Å². The lowest BCUT2D eigenvalue weighted by atomic mass is 9.84. The molecule has 3 amide bonds. The number of amides is 3. The number of imide groups is 1. The summed E-state index contributed by atoms with van der Waals surface area (Å²) in [6.07, 6.45) is -3.97. The molecule has 1 aliphatic rings. The highest BCUT2D eigenvalue weighted by molar-refractivity contribution is 7.92. The second kappa shape index (κ2) is 9.97. The second-order valence-electron chi connectivity index (χ2n) is 9.46. The number of rotatable bonds is 4. The van der Waals surface area contributed by atoms with Crippen LogP contribution in [0.4, 0.5) is 29.3 Å². The Morgan fingerprint density at radius 2 is 1.73 bits per heavy atom. The Morgan fingerprint density at radius 1 is 1.05 bits per heavy atom. The number of nitrogens with zero attached hydrogens (tertiary/aromatic N) is 1. The maximum absolute atomic E-state index is 13.6. The minimum absolute atomic E-state index is 0.0162. The van der Waals surface area contributed by atoms with Crippen LogP contribution in [0.25, 0.3) is 0 Å². The lowest BCUT2D eigenvalue weighted by Gasteiger charge is -2.30. The first-order valence-corrected chi connectivity index (χ1v) is 12.9. The third-order valence-electron chi connectivity index (χ3n) is 5.41. The van der Waals surface area contributed by atoms with E-state index < -0.39 is 38.9 Å². The number of benzene rings is 2. The smallest absolute Gasteiger partial charge is 0.418 e. The van der Waals surface area contributed by atoms with Gasteiger partial charge >= 0.3 is 12.2 Å². The van der Waals surface area contributed by atoms with Gasteiger partial charge in [-0.2, -0.15) is 13.2 Å². The van der Waals surface area contributed by atoms with E-state index in [0.717, 1.165) is 18.4 Å². The molecule has 3 rings (SSSR count). The number of nitrogens with one attached hydrogen (secondary N) is 2. The van der Waals surface area contributed by atoms with Crippen LogP contribution in [0.2, 0.25) is 0 Å². The Morgan fingerprint density at radius 3 is 2.27 bits per heavy atom. The van der Waals surface area contributed by atoms with Crippen molar-refractivity contribution < 1.29 is 35.9 Å². The summed E-state index contributed by atoms with van der Waals surface area (Å²) in [5.41, 5.74) is -0.799. The first-order valence-electron chi connectivity index (χ1n) is 11.0. The van der Waals surface area contributed by atoms with Gasteiger partial charge in [0.2, 0.25) is 15.9 Å². The van der Waals surface area contributed by atoms with E-state index in [1.807, 2.05) is 25.5 Å². The molecular formula is C25H26F3N3O5S. The third kappa shape index (κ3) is 6.74. The minimum Gasteiger partial charge on any atom is -0.495 e. The van der Waals surface area contributed by atoms with Crippen molar-refractivity contribution in [3.8, 4) is 17.6 Å². The lowest BCUT2D eigenvalue weighted by molar-refractivity contribution is -0.137. The molecule has 198 valence electrons. The Kier molecular flexibility index (Phi) is 7.51. The number of methoxy groups -OCH3 is 1. The first-order chi connectivity index (χ1) is 17.0. The van der Waals surface area contributed by atoms with Gasteiger partial charge in [0.05, 0.1) is 30.2 Å². The number of alkyl halides is 3. The molecule has 0 spiro atoms. The standard InChI is InChI=1S/C25H26F3N3O5S/c1-24(2,3)19-14-17(31-11-10-21(32)29-23(31)33)13-16(22(19)36-4)8-6-15-7-9-20(30-37(5,34)35)18(12-15)25(26,27)28/h7,9,12-14,30H,10-11H2,1-5H3,(H,29,32,33). The van der Waals surface area contributed by atoms with Crippen LogP contribution in [-0.2, 0) is 26.4 Å². The van der Waals surface area contributed by atoms with Crippen molar-refractivity contribution in [3.63, 3.8) is 0 Å². The zero-order chi connectivity index (χ0) is 27.8. The number of ether oxygens (including phenoxy) is 1. The van der Waals surface area contributed by atoms with Gasteiger partial charge in [-0.25, -0.2) is 13.2 Å². The van der Waals surface area contributed by atoms with Crippen LogP contribution >= 0.6 is 0 Å². The van der Waals surface area contributed by atoms with Crippen molar-refractivity contribution in [1.29, 1.82) is 0 Å². The van der Waals surface area contributed by atoms with Gasteiger partial charge in [0.15, 0.2) is 0 Å². The molecular weight excluding hydrogens is 511 g/mol. The number of hydrogen-bond donors (Lipinski definition) is 2. The largest absolute Gasteiger partial charge is 0.495 e. The van der Waals surface area contributed by atoms with Crippen molar-refractivity contribution in [3.05, 3.63) is 52.6 Å². The van der Waals surface area contributed by atoms with Gasteiger partial charge in [0, 0.05) is 29.8 Å². The van der Waals surface area contributed by atoms with Gasteiger partial charge in [0.25, 0.3) is 0 Å². The van der Waals surface area contributed by atoms with E-state index in [2.05, 4.69) is 17.2 Å². The monoisotopic (exact) mass is 537 g/mol. The normalized spacial score (nSPS) is 14.5. The molecule has 1 aliphatic heterocycles. The summed E-state index contributed by atoms with van der Waals surface area (Å²) >= 11 is 0. The SMILES string of the molecule is COc1c(C#Cc2ccc(NS(C)(=O)=O)c(C(F)(F)F)c2)cc(N2CCC(=O)NC2=O)cc1C(C)(C)C. The van der Waals surface area contributed by atoms with Gasteiger partial charge in [-0.05, 0) is 35.7 Å². The maximum Gasteiger partial charge on any atom is 0.418 e. The molecule has 0 aliphatic carbocycles. The van der Waals surface area contributed by atoms with Gasteiger partial charge in [0.1, 0.15) is 5.75 Å². The zero-order valence-electron chi connectivity index (χ0n) is 20.8. The number of urea groups is 1. The summed E-state index contributed by atoms with van der Waals surface area (Å²) in [6, 6.07) is 5.75. The molecule has 0 radical (unpaired) electrons. The van der Waals surface area contributed by atoms with E-state index in [0.29, 0.717) is 22.6 Å². The van der Waals surface area contributed by atoms with E-state index in [1.165, 1.54) is 18.1 Å². The van der Waals surface area contributed by atoms with E-state index in [9.17, 15) is 31.2 Å². The highest BCUT2D eigenvalue weighted by Crippen LogP contribution is 2.38. The Bertz CT molecular complexity index is 1420. The predicted octanol–water partition coefficient (Wildman–Crippen LogP) is 4.23. The van der Waals surface area contributed by atoms with Crippen molar-refractivity contribution in [2.24, 2.45) is 0 Å². The minimum atomic E-state index is -4.83. The summed E-state index contributed by atoms with van der Waals surface area (Å²) in [6.45, 7) is 5.93. The predicted molar refractivity (Wildman–Crippen MR) is 133 cm³/mol. The quantitative estimate of drug-likeness (QED) is 0.568. The van der Waals surface area contributed by atoms with Crippen molar-refractivity contribution in [2.45, 2.75) is 38.8 Å². The molecule has 12 heteroatoms. The summed E-state index contributed by atoms with van der Waals surface area (Å²) < 4.78 is 71.3. The van der Waals surface area contributed by atoms with Crippen LogP contribution in [-0.4, -0.2) is 40.3 Å². The van der Waals surface area contributed by atoms with Crippen molar-refractivity contribution in [1.82, 2.24) is 5.32 Å². The topological polar surface area (TPSA) is 105 Å². The molecule has 0 aromatic heterocycles. The molecule has 0 atom stereocenters. The molecule has 2 aromatic carbocycles.